The molecule has 1 fully saturated rings. The van der Waals surface area contributed by atoms with Crippen molar-refractivity contribution in [1.29, 1.82) is 0 Å². The van der Waals surface area contributed by atoms with Gasteiger partial charge in [0, 0.05) is 24.3 Å². The van der Waals surface area contributed by atoms with E-state index >= 15 is 0 Å². The van der Waals surface area contributed by atoms with Gasteiger partial charge < -0.3 is 9.16 Å². The van der Waals surface area contributed by atoms with Crippen LogP contribution in [-0.2, 0) is 9.16 Å². The lowest BCUT2D eigenvalue weighted by molar-refractivity contribution is 0.0489. The zero-order valence-corrected chi connectivity index (χ0v) is 15.9. The van der Waals surface area contributed by atoms with E-state index < -0.39 is 14.0 Å². The Hall–Kier alpha value is -1.18. The van der Waals surface area contributed by atoms with Crippen LogP contribution in [0.2, 0.25) is 18.1 Å². The number of nitrogens with one attached hydrogen (secondary N) is 1. The first-order chi connectivity index (χ1) is 10.5. The molecule has 1 saturated heterocycles. The number of aromatic amines is 1. The van der Waals surface area contributed by atoms with Gasteiger partial charge in [0.15, 0.2) is 8.32 Å². The molecule has 23 heavy (non-hydrogen) atoms. The third-order valence-corrected chi connectivity index (χ3v) is 9.50. The molecule has 0 aromatic carbocycles. The molecule has 6 nitrogen and oxygen atoms in total. The molecule has 0 aliphatic carbocycles. The minimum atomic E-state index is -1.77. The van der Waals surface area contributed by atoms with Crippen LogP contribution in [-0.4, -0.2) is 31.1 Å². The first-order valence-corrected chi connectivity index (χ1v) is 11.0. The van der Waals surface area contributed by atoms with E-state index in [-0.39, 0.29) is 22.7 Å². The van der Waals surface area contributed by atoms with Gasteiger partial charge in [-0.3, -0.25) is 14.3 Å². The van der Waals surface area contributed by atoms with Gasteiger partial charge in [0.1, 0.15) is 6.23 Å². The van der Waals surface area contributed by atoms with Crippen LogP contribution in [0, 0.1) is 12.8 Å². The summed E-state index contributed by atoms with van der Waals surface area (Å²) in [5.41, 5.74) is -0.257. The molecule has 0 bridgehead atoms. The van der Waals surface area contributed by atoms with Gasteiger partial charge in [0.25, 0.3) is 5.56 Å². The summed E-state index contributed by atoms with van der Waals surface area (Å²) >= 11 is 0. The van der Waals surface area contributed by atoms with Crippen LogP contribution in [0.15, 0.2) is 15.8 Å². The minimum Gasteiger partial charge on any atom is -0.416 e. The zero-order chi connectivity index (χ0) is 17.4. The summed E-state index contributed by atoms with van der Waals surface area (Å²) in [6, 6.07) is 0. The van der Waals surface area contributed by atoms with E-state index in [1.165, 1.54) is 4.57 Å². The standard InChI is InChI=1S/C16H28N2O4Si/c1-11-8-18(15(20)17-14(11)19)13-7-12(9-21-13)10-22-23(5,6)16(2,3)4/h8,12-13H,7,9-10H2,1-6H3,(H,17,19,20)/t12-,13+/m0/s1. The van der Waals surface area contributed by atoms with Crippen molar-refractivity contribution in [3.63, 3.8) is 0 Å². The van der Waals surface area contributed by atoms with E-state index in [4.69, 9.17) is 9.16 Å². The molecule has 1 aliphatic rings. The fourth-order valence-corrected chi connectivity index (χ4v) is 3.41. The maximum absolute atomic E-state index is 11.9. The fraction of sp³-hybridized carbons (Fsp3) is 0.750. The Labute approximate surface area is 138 Å². The number of hydrogen-bond acceptors (Lipinski definition) is 4. The van der Waals surface area contributed by atoms with Crippen molar-refractivity contribution in [3.05, 3.63) is 32.6 Å². The smallest absolute Gasteiger partial charge is 0.330 e. The maximum Gasteiger partial charge on any atom is 0.330 e. The zero-order valence-electron chi connectivity index (χ0n) is 14.9. The van der Waals surface area contributed by atoms with Crippen LogP contribution in [0.1, 0.15) is 39.0 Å². The van der Waals surface area contributed by atoms with Crippen LogP contribution in [0.25, 0.3) is 0 Å². The molecule has 1 N–H and O–H groups in total. The summed E-state index contributed by atoms with van der Waals surface area (Å²) in [6.07, 6.45) is 1.97. The Morgan fingerprint density at radius 2 is 2.04 bits per heavy atom. The number of H-pyrrole nitrogens is 1. The van der Waals surface area contributed by atoms with Crippen molar-refractivity contribution < 1.29 is 9.16 Å². The van der Waals surface area contributed by atoms with Gasteiger partial charge in [-0.25, -0.2) is 4.79 Å². The van der Waals surface area contributed by atoms with Gasteiger partial charge in [-0.2, -0.15) is 0 Å². The van der Waals surface area contributed by atoms with Crippen LogP contribution in [0.4, 0.5) is 0 Å². The number of aromatic nitrogens is 2. The van der Waals surface area contributed by atoms with Crippen molar-refractivity contribution in [2.75, 3.05) is 13.2 Å². The first-order valence-electron chi connectivity index (χ1n) is 8.09. The second-order valence-corrected chi connectivity index (χ2v) is 12.7. The van der Waals surface area contributed by atoms with E-state index in [1.54, 1.807) is 13.1 Å². The van der Waals surface area contributed by atoms with Crippen LogP contribution < -0.4 is 11.2 Å². The first kappa shape index (κ1) is 18.2. The van der Waals surface area contributed by atoms with Gasteiger partial charge in [0.05, 0.1) is 6.61 Å². The molecule has 1 aliphatic heterocycles. The number of rotatable bonds is 4. The monoisotopic (exact) mass is 340 g/mol. The van der Waals surface area contributed by atoms with Crippen LogP contribution in [0.3, 0.4) is 0 Å². The predicted molar refractivity (Wildman–Crippen MR) is 92.3 cm³/mol. The van der Waals surface area contributed by atoms with Crippen molar-refractivity contribution in [1.82, 2.24) is 9.55 Å². The number of nitrogens with zero attached hydrogens (tertiary/aromatic N) is 1. The Bertz CT molecular complexity index is 672. The molecular formula is C16H28N2O4Si. The molecule has 0 radical (unpaired) electrons. The van der Waals surface area contributed by atoms with Gasteiger partial charge in [-0.15, -0.1) is 0 Å². The van der Waals surface area contributed by atoms with Crippen molar-refractivity contribution >= 4 is 8.32 Å². The van der Waals surface area contributed by atoms with Crippen molar-refractivity contribution in [2.45, 2.75) is 58.5 Å². The Morgan fingerprint density at radius 3 is 2.65 bits per heavy atom. The lowest BCUT2D eigenvalue weighted by Crippen LogP contribution is -2.42. The van der Waals surface area contributed by atoms with E-state index in [9.17, 15) is 9.59 Å². The number of aryl methyl sites for hydroxylation is 1. The Morgan fingerprint density at radius 1 is 1.39 bits per heavy atom. The quantitative estimate of drug-likeness (QED) is 0.854. The Kier molecular flexibility index (Phi) is 5.03. The minimum absolute atomic E-state index is 0.179. The van der Waals surface area contributed by atoms with Crippen molar-refractivity contribution in [3.8, 4) is 0 Å². The highest BCUT2D eigenvalue weighted by Crippen LogP contribution is 2.37. The Balaban J connectivity index is 2.01. The summed E-state index contributed by atoms with van der Waals surface area (Å²) < 4.78 is 13.5. The molecule has 2 rings (SSSR count). The van der Waals surface area contributed by atoms with E-state index in [0.29, 0.717) is 18.8 Å². The molecule has 1 aromatic heterocycles. The predicted octanol–water partition coefficient (Wildman–Crippen LogP) is 2.40. The summed E-state index contributed by atoms with van der Waals surface area (Å²) in [6.45, 7) is 14.0. The number of hydrogen-bond donors (Lipinski definition) is 1. The molecule has 0 amide bonds. The van der Waals surface area contributed by atoms with Crippen molar-refractivity contribution in [2.24, 2.45) is 5.92 Å². The van der Waals surface area contributed by atoms with Gasteiger partial charge in [0.2, 0.25) is 0 Å². The molecule has 1 aromatic rings. The molecule has 2 atom stereocenters. The molecule has 130 valence electrons. The highest BCUT2D eigenvalue weighted by molar-refractivity contribution is 6.74. The second-order valence-electron chi connectivity index (χ2n) is 7.94. The average molecular weight is 340 g/mol. The van der Waals surface area contributed by atoms with E-state index in [2.05, 4.69) is 38.8 Å². The second kappa shape index (κ2) is 6.37. The van der Waals surface area contributed by atoms with Gasteiger partial charge in [-0.05, 0) is 31.5 Å². The third-order valence-electron chi connectivity index (χ3n) is 5.00. The van der Waals surface area contributed by atoms with Gasteiger partial charge >= 0.3 is 5.69 Å². The summed E-state index contributed by atoms with van der Waals surface area (Å²) in [5.74, 6) is 0.272. The van der Waals surface area contributed by atoms with Crippen LogP contribution >= 0.6 is 0 Å². The van der Waals surface area contributed by atoms with Gasteiger partial charge in [-0.1, -0.05) is 20.8 Å². The summed E-state index contributed by atoms with van der Waals surface area (Å²) in [7, 11) is -1.77. The maximum atomic E-state index is 11.9. The van der Waals surface area contributed by atoms with Crippen LogP contribution in [0.5, 0.6) is 0 Å². The van der Waals surface area contributed by atoms with E-state index in [1.807, 2.05) is 0 Å². The molecular weight excluding hydrogens is 312 g/mol. The summed E-state index contributed by atoms with van der Waals surface area (Å²) in [5, 5.41) is 0.179. The SMILES string of the molecule is Cc1cn([C@H]2C[C@H](CO[Si](C)(C)C(C)(C)C)CO2)c(=O)[nH]c1=O. The number of ether oxygens (including phenoxy) is 1. The normalized spacial score (nSPS) is 22.5. The molecule has 0 unspecified atom stereocenters. The fourth-order valence-electron chi connectivity index (χ4n) is 2.32. The third kappa shape index (κ3) is 4.02. The lowest BCUT2D eigenvalue weighted by atomic mass is 10.1. The average Bonchev–Trinajstić information content (AvgIpc) is 2.88. The lowest BCUT2D eigenvalue weighted by Gasteiger charge is -2.36. The molecule has 7 heteroatoms. The highest BCUT2D eigenvalue weighted by Gasteiger charge is 2.38. The molecule has 0 saturated carbocycles. The van der Waals surface area contributed by atoms with E-state index in [0.717, 1.165) is 6.42 Å². The molecule has 2 heterocycles. The highest BCUT2D eigenvalue weighted by atomic mass is 28.4. The topological polar surface area (TPSA) is 73.3 Å². The molecule has 0 spiro atoms. The largest absolute Gasteiger partial charge is 0.416 e. The summed E-state index contributed by atoms with van der Waals surface area (Å²) in [4.78, 5) is 25.7.